The van der Waals surface area contributed by atoms with Gasteiger partial charge in [0.1, 0.15) is 5.82 Å². The van der Waals surface area contributed by atoms with Gasteiger partial charge in [-0.3, -0.25) is 0 Å². The third-order valence-corrected chi connectivity index (χ3v) is 3.75. The Kier molecular flexibility index (Phi) is 3.47. The zero-order valence-corrected chi connectivity index (χ0v) is 11.7. The molecule has 21 heavy (non-hydrogen) atoms. The molecule has 0 saturated heterocycles. The van der Waals surface area contributed by atoms with Crippen LogP contribution in [0.3, 0.4) is 0 Å². The normalized spacial score (nSPS) is 18.6. The molecule has 0 bridgehead atoms. The summed E-state index contributed by atoms with van der Waals surface area (Å²) in [5.74, 6) is 2.11. The quantitative estimate of drug-likeness (QED) is 0.849. The maximum absolute atomic E-state index is 12.7. The second-order valence-electron chi connectivity index (χ2n) is 5.65. The monoisotopic (exact) mass is 295 g/mol. The molecule has 1 aromatic carbocycles. The summed E-state index contributed by atoms with van der Waals surface area (Å²) in [6.45, 7) is 3.00. The van der Waals surface area contributed by atoms with Crippen molar-refractivity contribution in [3.05, 3.63) is 47.0 Å². The first-order valence-corrected chi connectivity index (χ1v) is 7.00. The largest absolute Gasteiger partial charge is 0.416 e. The molecule has 3 rings (SSSR count). The van der Waals surface area contributed by atoms with Crippen molar-refractivity contribution in [2.75, 3.05) is 0 Å². The molecule has 1 aromatic heterocycles. The van der Waals surface area contributed by atoms with Crippen molar-refractivity contribution in [3.8, 4) is 0 Å². The smallest absolute Gasteiger partial charge is 0.250 e. The molecule has 0 radical (unpaired) electrons. The molecule has 3 nitrogen and oxygen atoms in total. The summed E-state index contributed by atoms with van der Waals surface area (Å²) in [4.78, 5) is 4.44. The summed E-state index contributed by atoms with van der Waals surface area (Å²) < 4.78 is 40.0. The predicted octanol–water partition coefficient (Wildman–Crippen LogP) is 3.47. The van der Waals surface area contributed by atoms with Gasteiger partial charge in [0.25, 0.3) is 0 Å². The van der Waals surface area contributed by atoms with Crippen molar-refractivity contribution in [1.29, 1.82) is 0 Å². The van der Waals surface area contributed by atoms with E-state index in [0.29, 0.717) is 23.7 Å². The molecule has 0 fully saturated rings. The van der Waals surface area contributed by atoms with Crippen molar-refractivity contribution in [2.45, 2.75) is 38.9 Å². The number of halogens is 3. The van der Waals surface area contributed by atoms with E-state index in [1.165, 1.54) is 12.1 Å². The number of alkyl halides is 3. The fraction of sp³-hybridized carbons (Fsp3) is 0.467. The molecule has 1 aliphatic heterocycles. The number of aryl methyl sites for hydroxylation is 1. The number of hydrogen-bond acceptors (Lipinski definition) is 2. The second kappa shape index (κ2) is 5.16. The lowest BCUT2D eigenvalue weighted by atomic mass is 10.0. The van der Waals surface area contributed by atoms with E-state index in [2.05, 4.69) is 17.0 Å². The second-order valence-corrected chi connectivity index (χ2v) is 5.65. The minimum atomic E-state index is -4.31. The van der Waals surface area contributed by atoms with Crippen LogP contribution in [0.25, 0.3) is 0 Å². The standard InChI is InChI=1S/C15H16F3N3/c1-10-5-6-14-19-13(20-21(14)9-10)8-11-3-2-4-12(7-11)15(16,17)18/h2-4,7,10H,5-6,8-9H2,1H3. The molecule has 112 valence electrons. The Morgan fingerprint density at radius 1 is 1.33 bits per heavy atom. The summed E-state index contributed by atoms with van der Waals surface area (Å²) in [7, 11) is 0. The summed E-state index contributed by atoms with van der Waals surface area (Å²) in [5, 5.41) is 4.41. The zero-order valence-electron chi connectivity index (χ0n) is 11.7. The van der Waals surface area contributed by atoms with Crippen LogP contribution in [0, 0.1) is 5.92 Å². The molecule has 2 heterocycles. The number of aromatic nitrogens is 3. The van der Waals surface area contributed by atoms with E-state index in [1.54, 1.807) is 6.07 Å². The van der Waals surface area contributed by atoms with Crippen LogP contribution in [0.2, 0.25) is 0 Å². The summed E-state index contributed by atoms with van der Waals surface area (Å²) >= 11 is 0. The number of fused-ring (bicyclic) bond motifs is 1. The highest BCUT2D eigenvalue weighted by atomic mass is 19.4. The van der Waals surface area contributed by atoms with Crippen LogP contribution in [-0.2, 0) is 25.6 Å². The lowest BCUT2D eigenvalue weighted by molar-refractivity contribution is -0.137. The van der Waals surface area contributed by atoms with E-state index in [-0.39, 0.29) is 0 Å². The van der Waals surface area contributed by atoms with E-state index in [9.17, 15) is 13.2 Å². The Morgan fingerprint density at radius 3 is 2.90 bits per heavy atom. The fourth-order valence-corrected chi connectivity index (χ4v) is 2.63. The van der Waals surface area contributed by atoms with Crippen LogP contribution in [0.15, 0.2) is 24.3 Å². The highest BCUT2D eigenvalue weighted by Gasteiger charge is 2.30. The summed E-state index contributed by atoms with van der Waals surface area (Å²) in [6, 6.07) is 5.35. The number of benzene rings is 1. The van der Waals surface area contributed by atoms with Crippen LogP contribution in [-0.4, -0.2) is 14.8 Å². The average molecular weight is 295 g/mol. The fourth-order valence-electron chi connectivity index (χ4n) is 2.63. The molecular formula is C15H16F3N3. The minimum Gasteiger partial charge on any atom is -0.250 e. The molecule has 0 N–H and O–H groups in total. The van der Waals surface area contributed by atoms with Crippen molar-refractivity contribution >= 4 is 0 Å². The van der Waals surface area contributed by atoms with Gasteiger partial charge in [-0.1, -0.05) is 25.1 Å². The van der Waals surface area contributed by atoms with E-state index in [1.807, 2.05) is 4.68 Å². The van der Waals surface area contributed by atoms with Gasteiger partial charge >= 0.3 is 6.18 Å². The Bertz CT molecular complexity index is 646. The van der Waals surface area contributed by atoms with Gasteiger partial charge in [-0.25, -0.2) is 9.67 Å². The molecule has 0 spiro atoms. The first-order valence-electron chi connectivity index (χ1n) is 7.00. The third kappa shape index (κ3) is 3.09. The lowest BCUT2D eigenvalue weighted by Gasteiger charge is -2.17. The van der Waals surface area contributed by atoms with Crippen LogP contribution >= 0.6 is 0 Å². The van der Waals surface area contributed by atoms with Gasteiger partial charge in [0.15, 0.2) is 5.82 Å². The summed E-state index contributed by atoms with van der Waals surface area (Å²) in [5.41, 5.74) is -0.0431. The predicted molar refractivity (Wildman–Crippen MR) is 71.8 cm³/mol. The van der Waals surface area contributed by atoms with Gasteiger partial charge in [-0.2, -0.15) is 18.3 Å². The molecule has 1 unspecified atom stereocenters. The van der Waals surface area contributed by atoms with E-state index >= 15 is 0 Å². The molecule has 0 saturated carbocycles. The molecular weight excluding hydrogens is 279 g/mol. The number of nitrogens with zero attached hydrogens (tertiary/aromatic N) is 3. The molecule has 1 atom stereocenters. The van der Waals surface area contributed by atoms with Crippen molar-refractivity contribution in [1.82, 2.24) is 14.8 Å². The Labute approximate surface area is 120 Å². The molecule has 0 aliphatic carbocycles. The Hall–Kier alpha value is -1.85. The van der Waals surface area contributed by atoms with Crippen molar-refractivity contribution in [2.24, 2.45) is 5.92 Å². The van der Waals surface area contributed by atoms with Crippen LogP contribution in [0.5, 0.6) is 0 Å². The SMILES string of the molecule is CC1CCc2nc(Cc3cccc(C(F)(F)F)c3)nn2C1. The van der Waals surface area contributed by atoms with E-state index in [0.717, 1.165) is 31.3 Å². The topological polar surface area (TPSA) is 30.7 Å². The highest BCUT2D eigenvalue weighted by Crippen LogP contribution is 2.30. The van der Waals surface area contributed by atoms with Gasteiger partial charge in [-0.15, -0.1) is 0 Å². The third-order valence-electron chi connectivity index (χ3n) is 3.75. The van der Waals surface area contributed by atoms with Crippen LogP contribution in [0.4, 0.5) is 13.2 Å². The first-order chi connectivity index (χ1) is 9.91. The van der Waals surface area contributed by atoms with Gasteiger partial charge in [0.2, 0.25) is 0 Å². The average Bonchev–Trinajstić information content (AvgIpc) is 2.79. The maximum atomic E-state index is 12.7. The zero-order chi connectivity index (χ0) is 15.0. The van der Waals surface area contributed by atoms with Gasteiger partial charge < -0.3 is 0 Å². The first kappa shape index (κ1) is 14.1. The van der Waals surface area contributed by atoms with Gasteiger partial charge in [0.05, 0.1) is 5.56 Å². The van der Waals surface area contributed by atoms with Gasteiger partial charge in [-0.05, 0) is 24.0 Å². The molecule has 2 aromatic rings. The Morgan fingerprint density at radius 2 is 2.14 bits per heavy atom. The van der Waals surface area contributed by atoms with Crippen molar-refractivity contribution < 1.29 is 13.2 Å². The Balaban J connectivity index is 1.81. The molecule has 6 heteroatoms. The van der Waals surface area contributed by atoms with E-state index < -0.39 is 11.7 Å². The minimum absolute atomic E-state index is 0.332. The molecule has 1 aliphatic rings. The molecule has 0 amide bonds. The number of hydrogen-bond donors (Lipinski definition) is 0. The highest BCUT2D eigenvalue weighted by molar-refractivity contribution is 5.27. The van der Waals surface area contributed by atoms with Crippen LogP contribution in [0.1, 0.15) is 36.1 Å². The lowest BCUT2D eigenvalue weighted by Crippen LogP contribution is -2.18. The van der Waals surface area contributed by atoms with Gasteiger partial charge in [0, 0.05) is 19.4 Å². The number of rotatable bonds is 2. The maximum Gasteiger partial charge on any atom is 0.416 e. The van der Waals surface area contributed by atoms with E-state index in [4.69, 9.17) is 0 Å². The summed E-state index contributed by atoms with van der Waals surface area (Å²) in [6.07, 6.45) is -2.01. The van der Waals surface area contributed by atoms with Crippen LogP contribution < -0.4 is 0 Å². The van der Waals surface area contributed by atoms with Crippen molar-refractivity contribution in [3.63, 3.8) is 0 Å².